The van der Waals surface area contributed by atoms with Gasteiger partial charge in [0.1, 0.15) is 11.5 Å². The molecule has 214 valence electrons. The number of esters is 1. The number of pyridine rings is 1. The maximum atomic E-state index is 13.5. The lowest BCUT2D eigenvalue weighted by Crippen LogP contribution is -2.39. The van der Waals surface area contributed by atoms with Gasteiger partial charge in [0, 0.05) is 35.6 Å². The van der Waals surface area contributed by atoms with Crippen molar-refractivity contribution in [2.24, 2.45) is 5.41 Å². The number of piperidine rings is 1. The summed E-state index contributed by atoms with van der Waals surface area (Å²) in [7, 11) is 0. The van der Waals surface area contributed by atoms with Crippen LogP contribution in [-0.2, 0) is 14.3 Å². The Bertz CT molecular complexity index is 1300. The van der Waals surface area contributed by atoms with E-state index in [1.54, 1.807) is 0 Å². The van der Waals surface area contributed by atoms with E-state index in [1.165, 1.54) is 0 Å². The van der Waals surface area contributed by atoms with Crippen molar-refractivity contribution in [2.75, 3.05) is 24.6 Å². The molecular formula is C34H44N2O4. The molecule has 1 saturated heterocycles. The lowest BCUT2D eigenvalue weighted by molar-refractivity contribution is -0.166. The number of aryl methyl sites for hydroxylation is 2. The summed E-state index contributed by atoms with van der Waals surface area (Å²) in [5.41, 5.74) is 5.24. The van der Waals surface area contributed by atoms with E-state index in [0.717, 1.165) is 71.2 Å². The van der Waals surface area contributed by atoms with Crippen LogP contribution in [0.15, 0.2) is 54.6 Å². The molecule has 0 spiro atoms. The molecule has 1 aliphatic heterocycles. The van der Waals surface area contributed by atoms with Gasteiger partial charge >= 0.3 is 5.97 Å². The molecule has 6 nitrogen and oxygen atoms in total. The molecule has 3 aromatic rings. The van der Waals surface area contributed by atoms with Crippen LogP contribution in [0, 0.1) is 19.3 Å². The Morgan fingerprint density at radius 1 is 0.950 bits per heavy atom. The molecule has 0 N–H and O–H groups in total. The fourth-order valence-corrected chi connectivity index (χ4v) is 5.28. The second-order valence-electron chi connectivity index (χ2n) is 12.4. The molecular weight excluding hydrogens is 500 g/mol. The predicted molar refractivity (Wildman–Crippen MR) is 161 cm³/mol. The fourth-order valence-electron chi connectivity index (χ4n) is 5.28. The van der Waals surface area contributed by atoms with Crippen LogP contribution in [0.2, 0.25) is 0 Å². The zero-order chi connectivity index (χ0) is 29.1. The van der Waals surface area contributed by atoms with Gasteiger partial charge in [0.15, 0.2) is 6.10 Å². The number of rotatable bonds is 8. The first-order valence-corrected chi connectivity index (χ1v) is 14.3. The Labute approximate surface area is 239 Å². The second-order valence-corrected chi connectivity index (χ2v) is 12.4. The average Bonchev–Trinajstić information content (AvgIpc) is 2.88. The smallest absolute Gasteiger partial charge is 0.340 e. The second kappa shape index (κ2) is 12.0. The van der Waals surface area contributed by atoms with Gasteiger partial charge in [-0.05, 0) is 89.6 Å². The lowest BCUT2D eigenvalue weighted by Gasteiger charge is -2.41. The first-order valence-electron chi connectivity index (χ1n) is 14.3. The molecule has 0 amide bonds. The Balaban J connectivity index is 1.87. The van der Waals surface area contributed by atoms with Crippen LogP contribution in [0.1, 0.15) is 77.4 Å². The summed E-state index contributed by atoms with van der Waals surface area (Å²) in [5.74, 6) is 1.16. The SMILES string of the molecule is CCOC(=O)C(OC(C)(C)C)c1c(C)nc(C)c(-c2ccc(Oc3ccccc3)cc2)c1N1CCC(C)(C)CC1. The molecule has 0 bridgehead atoms. The molecule has 1 aromatic heterocycles. The van der Waals surface area contributed by atoms with Gasteiger partial charge in [-0.15, -0.1) is 0 Å². The number of para-hydroxylation sites is 1. The van der Waals surface area contributed by atoms with Gasteiger partial charge in [-0.3, -0.25) is 4.98 Å². The highest BCUT2D eigenvalue weighted by molar-refractivity contribution is 5.88. The lowest BCUT2D eigenvalue weighted by atomic mass is 9.82. The van der Waals surface area contributed by atoms with Gasteiger partial charge in [0.05, 0.1) is 17.9 Å². The van der Waals surface area contributed by atoms with Gasteiger partial charge in [-0.1, -0.05) is 44.2 Å². The molecule has 6 heteroatoms. The van der Waals surface area contributed by atoms with Crippen molar-refractivity contribution < 1.29 is 19.0 Å². The number of aromatic nitrogens is 1. The number of hydrogen-bond donors (Lipinski definition) is 0. The van der Waals surface area contributed by atoms with E-state index in [1.807, 2.05) is 84.0 Å². The number of ether oxygens (including phenoxy) is 3. The summed E-state index contributed by atoms with van der Waals surface area (Å²) >= 11 is 0. The Morgan fingerprint density at radius 2 is 1.55 bits per heavy atom. The number of benzene rings is 2. The Kier molecular flexibility index (Phi) is 8.89. The van der Waals surface area contributed by atoms with Crippen LogP contribution in [-0.4, -0.2) is 36.3 Å². The van der Waals surface area contributed by atoms with Gasteiger partial charge in [-0.25, -0.2) is 4.79 Å². The number of carbonyl (C=O) groups excluding carboxylic acids is 1. The standard InChI is InChI=1S/C34H44N2O4/c1-9-38-32(37)31(40-33(4,5)6)29-24(3)35-23(2)28(30(29)36-21-19-34(7,8)20-22-36)25-15-17-27(18-16-25)39-26-13-11-10-12-14-26/h10-18,31H,9,19-22H2,1-8H3. The van der Waals surface area contributed by atoms with Crippen molar-refractivity contribution in [2.45, 2.75) is 79.9 Å². The minimum atomic E-state index is -0.891. The third-order valence-corrected chi connectivity index (χ3v) is 7.37. The van der Waals surface area contributed by atoms with Crippen LogP contribution >= 0.6 is 0 Å². The van der Waals surface area contributed by atoms with Gasteiger partial charge in [0.25, 0.3) is 0 Å². The molecule has 0 radical (unpaired) electrons. The van der Waals surface area contributed by atoms with Crippen molar-refractivity contribution in [3.05, 3.63) is 71.5 Å². The summed E-state index contributed by atoms with van der Waals surface area (Å²) in [4.78, 5) is 20.8. The monoisotopic (exact) mass is 544 g/mol. The highest BCUT2D eigenvalue weighted by atomic mass is 16.6. The largest absolute Gasteiger partial charge is 0.464 e. The third kappa shape index (κ3) is 7.03. The summed E-state index contributed by atoms with van der Waals surface area (Å²) in [5, 5.41) is 0. The molecule has 0 aliphatic carbocycles. The van der Waals surface area contributed by atoms with E-state index in [0.29, 0.717) is 0 Å². The van der Waals surface area contributed by atoms with E-state index in [4.69, 9.17) is 19.2 Å². The first-order chi connectivity index (χ1) is 18.9. The maximum absolute atomic E-state index is 13.5. The summed E-state index contributed by atoms with van der Waals surface area (Å²) in [6.45, 7) is 18.4. The molecule has 1 atom stereocenters. The summed E-state index contributed by atoms with van der Waals surface area (Å²) < 4.78 is 18.1. The van der Waals surface area contributed by atoms with Crippen molar-refractivity contribution in [3.63, 3.8) is 0 Å². The van der Waals surface area contributed by atoms with E-state index in [-0.39, 0.29) is 18.0 Å². The van der Waals surface area contributed by atoms with Crippen molar-refractivity contribution >= 4 is 11.7 Å². The number of hydrogen-bond acceptors (Lipinski definition) is 6. The van der Waals surface area contributed by atoms with Gasteiger partial charge < -0.3 is 19.1 Å². The summed E-state index contributed by atoms with van der Waals surface area (Å²) in [6.07, 6.45) is 1.22. The van der Waals surface area contributed by atoms with Gasteiger partial charge in [-0.2, -0.15) is 0 Å². The molecule has 40 heavy (non-hydrogen) atoms. The Morgan fingerprint density at radius 3 is 2.12 bits per heavy atom. The predicted octanol–water partition coefficient (Wildman–Crippen LogP) is 8.20. The molecule has 1 unspecified atom stereocenters. The van der Waals surface area contributed by atoms with E-state index in [2.05, 4.69) is 30.9 Å². The summed E-state index contributed by atoms with van der Waals surface area (Å²) in [6, 6.07) is 17.9. The number of carbonyl (C=O) groups is 1. The highest BCUT2D eigenvalue weighted by Crippen LogP contribution is 2.45. The topological polar surface area (TPSA) is 60.9 Å². The highest BCUT2D eigenvalue weighted by Gasteiger charge is 2.37. The van der Waals surface area contributed by atoms with Crippen molar-refractivity contribution in [1.82, 2.24) is 4.98 Å². The van der Waals surface area contributed by atoms with E-state index in [9.17, 15) is 4.79 Å². The van der Waals surface area contributed by atoms with Crippen LogP contribution < -0.4 is 9.64 Å². The normalized spacial score (nSPS) is 15.9. The fraction of sp³-hybridized carbons (Fsp3) is 0.471. The van der Waals surface area contributed by atoms with Gasteiger partial charge in [0.2, 0.25) is 0 Å². The van der Waals surface area contributed by atoms with Crippen LogP contribution in [0.5, 0.6) is 11.5 Å². The number of nitrogens with zero attached hydrogens (tertiary/aromatic N) is 2. The maximum Gasteiger partial charge on any atom is 0.340 e. The van der Waals surface area contributed by atoms with E-state index < -0.39 is 11.7 Å². The van der Waals surface area contributed by atoms with Crippen LogP contribution in [0.25, 0.3) is 11.1 Å². The molecule has 2 aromatic carbocycles. The zero-order valence-electron chi connectivity index (χ0n) is 25.3. The van der Waals surface area contributed by atoms with Crippen molar-refractivity contribution in [3.8, 4) is 22.6 Å². The quantitative estimate of drug-likeness (QED) is 0.266. The third-order valence-electron chi connectivity index (χ3n) is 7.37. The van der Waals surface area contributed by atoms with E-state index >= 15 is 0 Å². The zero-order valence-corrected chi connectivity index (χ0v) is 25.3. The minimum absolute atomic E-state index is 0.271. The van der Waals surface area contributed by atoms with Crippen LogP contribution in [0.3, 0.4) is 0 Å². The Hall–Kier alpha value is -3.38. The van der Waals surface area contributed by atoms with Crippen molar-refractivity contribution in [1.29, 1.82) is 0 Å². The molecule has 0 saturated carbocycles. The number of anilines is 1. The van der Waals surface area contributed by atoms with Crippen LogP contribution in [0.4, 0.5) is 5.69 Å². The molecule has 2 heterocycles. The first kappa shape index (κ1) is 29.6. The molecule has 1 aliphatic rings. The molecule has 4 rings (SSSR count). The minimum Gasteiger partial charge on any atom is -0.464 e. The average molecular weight is 545 g/mol. The molecule has 1 fully saturated rings.